The summed E-state index contributed by atoms with van der Waals surface area (Å²) in [5.41, 5.74) is 0.637. The van der Waals surface area contributed by atoms with E-state index in [9.17, 15) is 26.7 Å². The summed E-state index contributed by atoms with van der Waals surface area (Å²) >= 11 is 1.21. The highest BCUT2D eigenvalue weighted by Crippen LogP contribution is 2.31. The molecule has 5 nitrogen and oxygen atoms in total. The van der Waals surface area contributed by atoms with Gasteiger partial charge in [0.25, 0.3) is 17.5 Å². The van der Waals surface area contributed by atoms with Crippen LogP contribution in [-0.4, -0.2) is 54.3 Å². The first-order chi connectivity index (χ1) is 17.2. The van der Waals surface area contributed by atoms with E-state index in [0.717, 1.165) is 68.7 Å². The molecule has 0 radical (unpaired) electrons. The van der Waals surface area contributed by atoms with Gasteiger partial charge in [-0.3, -0.25) is 4.79 Å². The Balaban J connectivity index is 1.17. The number of hydrogen-bond acceptors (Lipinski definition) is 5. The van der Waals surface area contributed by atoms with E-state index in [4.69, 9.17) is 4.74 Å². The van der Waals surface area contributed by atoms with E-state index in [1.807, 2.05) is 0 Å². The fourth-order valence-corrected chi connectivity index (χ4v) is 5.88. The van der Waals surface area contributed by atoms with Crippen LogP contribution in [0.15, 0.2) is 24.3 Å². The minimum Gasteiger partial charge on any atom is -0.460 e. The molecule has 1 N–H and O–H groups in total. The van der Waals surface area contributed by atoms with Crippen molar-refractivity contribution in [3.8, 4) is 5.19 Å². The minimum absolute atomic E-state index is 0.00603. The topological polar surface area (TPSA) is 54.5 Å². The summed E-state index contributed by atoms with van der Waals surface area (Å²) in [6.07, 6.45) is -0.965. The Morgan fingerprint density at radius 2 is 1.86 bits per heavy atom. The molecular formula is C25H30F5N3O2S. The molecular weight excluding hydrogens is 501 g/mol. The van der Waals surface area contributed by atoms with E-state index in [-0.39, 0.29) is 22.4 Å². The number of benzene rings is 1. The number of carbonyl (C=O) groups excluding carboxylic acids is 1. The summed E-state index contributed by atoms with van der Waals surface area (Å²) < 4.78 is 68.3. The third-order valence-corrected chi connectivity index (χ3v) is 7.98. The first-order valence-electron chi connectivity index (χ1n) is 12.3. The van der Waals surface area contributed by atoms with Gasteiger partial charge in [0, 0.05) is 41.6 Å². The van der Waals surface area contributed by atoms with Gasteiger partial charge in [0.05, 0.1) is 5.69 Å². The second-order valence-corrected chi connectivity index (χ2v) is 10.5. The molecule has 2 aliphatic rings. The number of fused-ring (bicyclic) bond motifs is 1. The fraction of sp³-hybridized carbons (Fsp3) is 0.600. The first kappa shape index (κ1) is 26.8. The zero-order chi connectivity index (χ0) is 25.7. The summed E-state index contributed by atoms with van der Waals surface area (Å²) in [4.78, 5) is 20.2. The Morgan fingerprint density at radius 3 is 2.58 bits per heavy atom. The third kappa shape index (κ3) is 7.38. The van der Waals surface area contributed by atoms with E-state index in [2.05, 4.69) is 15.2 Å². The number of nitrogens with one attached hydrogen (secondary N) is 1. The number of rotatable bonds is 8. The van der Waals surface area contributed by atoms with Crippen LogP contribution in [0.1, 0.15) is 65.0 Å². The van der Waals surface area contributed by atoms with Crippen molar-refractivity contribution < 1.29 is 31.5 Å². The molecule has 11 heteroatoms. The molecule has 1 aromatic carbocycles. The van der Waals surface area contributed by atoms with Crippen LogP contribution in [0.5, 0.6) is 5.19 Å². The molecule has 2 aromatic rings. The summed E-state index contributed by atoms with van der Waals surface area (Å²) in [5.74, 6) is 0.108. The molecule has 0 atom stereocenters. The summed E-state index contributed by atoms with van der Waals surface area (Å²) in [6.45, 7) is 1.27. The molecule has 2 heterocycles. The van der Waals surface area contributed by atoms with Crippen LogP contribution in [0.25, 0.3) is 0 Å². The van der Waals surface area contributed by atoms with Crippen LogP contribution in [0.4, 0.5) is 22.0 Å². The van der Waals surface area contributed by atoms with Gasteiger partial charge in [-0.25, -0.2) is 13.8 Å². The molecule has 1 amide bonds. The van der Waals surface area contributed by atoms with Gasteiger partial charge in [-0.15, -0.1) is 0 Å². The maximum Gasteiger partial charge on any atom is 0.422 e. The second kappa shape index (κ2) is 11.9. The van der Waals surface area contributed by atoms with Crippen LogP contribution in [-0.2, 0) is 12.8 Å². The van der Waals surface area contributed by atoms with Crippen molar-refractivity contribution in [3.63, 3.8) is 0 Å². The van der Waals surface area contributed by atoms with Crippen LogP contribution in [0.3, 0.4) is 0 Å². The SMILES string of the molecule is O=C(NC1CCC(CCN2CCc3nc(OCC(F)(F)F)sc3CC2)CC1)c1ccccc1C(F)F. The average Bonchev–Trinajstić information content (AvgIpc) is 3.15. The van der Waals surface area contributed by atoms with Crippen LogP contribution < -0.4 is 10.1 Å². The number of ether oxygens (including phenoxy) is 1. The van der Waals surface area contributed by atoms with E-state index >= 15 is 0 Å². The second-order valence-electron chi connectivity index (χ2n) is 9.46. The van der Waals surface area contributed by atoms with Gasteiger partial charge in [-0.1, -0.05) is 29.5 Å². The Hall–Kier alpha value is -2.27. The van der Waals surface area contributed by atoms with Gasteiger partial charge in [0.15, 0.2) is 6.61 Å². The number of halogens is 5. The molecule has 198 valence electrons. The number of amides is 1. The third-order valence-electron chi connectivity index (χ3n) is 6.91. The van der Waals surface area contributed by atoms with Gasteiger partial charge >= 0.3 is 6.18 Å². The number of alkyl halides is 5. The molecule has 1 aliphatic carbocycles. The molecule has 1 aliphatic heterocycles. The largest absolute Gasteiger partial charge is 0.460 e. The molecule has 36 heavy (non-hydrogen) atoms. The summed E-state index contributed by atoms with van der Waals surface area (Å²) in [5, 5.41) is 3.02. The van der Waals surface area contributed by atoms with Crippen molar-refractivity contribution in [1.82, 2.24) is 15.2 Å². The maximum absolute atomic E-state index is 13.2. The molecule has 1 saturated carbocycles. The van der Waals surface area contributed by atoms with Crippen molar-refractivity contribution in [2.75, 3.05) is 26.2 Å². The molecule has 1 fully saturated rings. The highest BCUT2D eigenvalue weighted by molar-refractivity contribution is 7.13. The lowest BCUT2D eigenvalue weighted by Gasteiger charge is -2.31. The molecule has 0 spiro atoms. The van der Waals surface area contributed by atoms with Crippen LogP contribution >= 0.6 is 11.3 Å². The van der Waals surface area contributed by atoms with Crippen molar-refractivity contribution in [3.05, 3.63) is 46.0 Å². The standard InChI is InChI=1S/C25H30F5N3O2S/c26-22(27)18-3-1-2-4-19(18)23(34)31-17-7-5-16(6-8-17)9-12-33-13-10-20-21(11-14-33)36-24(32-20)35-15-25(28,29)30/h1-4,16-17,22H,5-15H2,(H,31,34). The first-order valence-corrected chi connectivity index (χ1v) is 13.1. The summed E-state index contributed by atoms with van der Waals surface area (Å²) in [7, 11) is 0. The van der Waals surface area contributed by atoms with Gasteiger partial charge in [-0.05, 0) is 57.1 Å². The van der Waals surface area contributed by atoms with Crippen molar-refractivity contribution >= 4 is 17.2 Å². The quantitative estimate of drug-likeness (QED) is 0.438. The molecule has 4 rings (SSSR count). The van der Waals surface area contributed by atoms with Crippen LogP contribution in [0.2, 0.25) is 0 Å². The van der Waals surface area contributed by atoms with E-state index in [1.165, 1.54) is 29.5 Å². The highest BCUT2D eigenvalue weighted by Gasteiger charge is 2.30. The predicted molar refractivity (Wildman–Crippen MR) is 127 cm³/mol. The Labute approximate surface area is 211 Å². The van der Waals surface area contributed by atoms with E-state index < -0.39 is 25.1 Å². The Bertz CT molecular complexity index is 996. The molecule has 1 aromatic heterocycles. The smallest absolute Gasteiger partial charge is 0.422 e. The minimum atomic E-state index is -4.37. The summed E-state index contributed by atoms with van der Waals surface area (Å²) in [6, 6.07) is 5.82. The predicted octanol–water partition coefficient (Wildman–Crippen LogP) is 5.80. The highest BCUT2D eigenvalue weighted by atomic mass is 32.1. The zero-order valence-corrected chi connectivity index (χ0v) is 20.6. The molecule has 0 bridgehead atoms. The number of thiazole rings is 1. The van der Waals surface area contributed by atoms with Crippen molar-refractivity contribution in [1.29, 1.82) is 0 Å². The normalized spacial score (nSPS) is 21.2. The lowest BCUT2D eigenvalue weighted by Crippen LogP contribution is -2.38. The number of hydrogen-bond donors (Lipinski definition) is 1. The fourth-order valence-electron chi connectivity index (χ4n) is 4.93. The lowest BCUT2D eigenvalue weighted by atomic mass is 9.84. The maximum atomic E-state index is 13.2. The van der Waals surface area contributed by atoms with Gasteiger partial charge in [0.2, 0.25) is 0 Å². The Morgan fingerprint density at radius 1 is 1.14 bits per heavy atom. The van der Waals surface area contributed by atoms with E-state index in [1.54, 1.807) is 6.07 Å². The van der Waals surface area contributed by atoms with E-state index in [0.29, 0.717) is 12.3 Å². The number of carbonyl (C=O) groups is 1. The zero-order valence-electron chi connectivity index (χ0n) is 19.8. The Kier molecular flexibility index (Phi) is 8.82. The monoisotopic (exact) mass is 531 g/mol. The van der Waals surface area contributed by atoms with Crippen molar-refractivity contribution in [2.24, 2.45) is 5.92 Å². The number of nitrogens with zero attached hydrogens (tertiary/aromatic N) is 2. The molecule has 0 saturated heterocycles. The van der Waals surface area contributed by atoms with Crippen LogP contribution in [0, 0.1) is 5.92 Å². The molecule has 0 unspecified atom stereocenters. The van der Waals surface area contributed by atoms with Gasteiger partial charge in [-0.2, -0.15) is 13.2 Å². The number of aromatic nitrogens is 1. The van der Waals surface area contributed by atoms with Gasteiger partial charge in [0.1, 0.15) is 0 Å². The van der Waals surface area contributed by atoms with Gasteiger partial charge < -0.3 is 15.0 Å². The lowest BCUT2D eigenvalue weighted by molar-refractivity contribution is -0.153. The average molecular weight is 532 g/mol. The van der Waals surface area contributed by atoms with Crippen molar-refractivity contribution in [2.45, 2.75) is 63.6 Å².